The summed E-state index contributed by atoms with van der Waals surface area (Å²) in [5.74, 6) is 0. The van der Waals surface area contributed by atoms with Crippen molar-refractivity contribution in [1.82, 2.24) is 0 Å². The summed E-state index contributed by atoms with van der Waals surface area (Å²) in [7, 11) is 0. The van der Waals surface area contributed by atoms with E-state index >= 15 is 0 Å². The van der Waals surface area contributed by atoms with Crippen LogP contribution in [-0.2, 0) is 36.5 Å². The van der Waals surface area contributed by atoms with Crippen LogP contribution in [0.15, 0.2) is 0 Å². The van der Waals surface area contributed by atoms with Crippen molar-refractivity contribution in [3.05, 3.63) is 0 Å². The molecule has 0 nitrogen and oxygen atoms in total. The second-order valence-corrected chi connectivity index (χ2v) is 0. The third-order valence-electron chi connectivity index (χ3n) is 0. The van der Waals surface area contributed by atoms with Crippen molar-refractivity contribution < 1.29 is 36.5 Å². The summed E-state index contributed by atoms with van der Waals surface area (Å²) >= 11 is 0. The van der Waals surface area contributed by atoms with Gasteiger partial charge in [-0.25, -0.2) is 0 Å². The zero-order chi connectivity index (χ0) is 0. The largest absolute Gasteiger partial charge is 0 e. The monoisotopic (exact) mass is 603 g/mol. The first-order chi connectivity index (χ1) is 0. The van der Waals surface area contributed by atoms with Crippen molar-refractivity contribution in [3.63, 3.8) is 0 Å². The number of rotatable bonds is 0. The molecule has 0 heterocycles. The Balaban J connectivity index is 0. The molecule has 0 aromatic rings. The molecule has 0 aromatic heterocycles. The SMILES string of the molecule is [Al].[Cu].[Pb].[Sb].[Sn].[Zn]. The molecule has 0 saturated heterocycles. The van der Waals surface area contributed by atoms with Crippen LogP contribution in [0.5, 0.6) is 0 Å². The van der Waals surface area contributed by atoms with Crippen molar-refractivity contribution in [2.24, 2.45) is 0 Å². The predicted molar refractivity (Wildman–Crippen MR) is 23.0 cm³/mol. The molecule has 6 heteroatoms. The molecule has 0 bridgehead atoms. The molecule has 0 unspecified atom stereocenters. The van der Waals surface area contributed by atoms with Gasteiger partial charge in [0.15, 0.2) is 0 Å². The molecule has 6 heavy (non-hydrogen) atoms. The van der Waals surface area contributed by atoms with E-state index in [4.69, 9.17) is 0 Å². The molecule has 0 aliphatic rings. The molecule has 0 fully saturated rings. The average Bonchev–Trinajstić information content (AvgIpc) is 0. The summed E-state index contributed by atoms with van der Waals surface area (Å²) in [5.41, 5.74) is 0. The molecule has 0 aliphatic carbocycles. The van der Waals surface area contributed by atoms with E-state index in [-0.39, 0.29) is 130 Å². The fourth-order valence-electron chi connectivity index (χ4n) is 0. The Morgan fingerprint density at radius 1 is 1.00 bits per heavy atom. The Morgan fingerprint density at radius 2 is 1.00 bits per heavy atom. The standard InChI is InChI=1S/Al.Cu.Pb.Sb.Sn.Zn. The maximum Gasteiger partial charge on any atom is 0 e. The second-order valence-electron chi connectivity index (χ2n) is 0. The van der Waals surface area contributed by atoms with Crippen LogP contribution >= 0.6 is 0 Å². The fourth-order valence-corrected chi connectivity index (χ4v) is 0. The van der Waals surface area contributed by atoms with E-state index in [1.54, 1.807) is 0 Å². The summed E-state index contributed by atoms with van der Waals surface area (Å²) in [6.07, 6.45) is 0. The maximum atomic E-state index is 0. The predicted octanol–water partition coefficient (Wildman–Crippen LogP) is -1.53. The van der Waals surface area contributed by atoms with Crippen molar-refractivity contribution in [1.29, 1.82) is 0 Å². The molecule has 0 spiro atoms. The Kier molecular flexibility index (Phi) is 285. The number of hydrogen-bond donors (Lipinski definition) is 0. The van der Waals surface area contributed by atoms with Crippen molar-refractivity contribution in [2.75, 3.05) is 0 Å². The van der Waals surface area contributed by atoms with E-state index in [1.165, 1.54) is 0 Å². The molecule has 0 saturated carbocycles. The molecule has 0 atom stereocenters. The number of hydrogen-bond acceptors (Lipinski definition) is 0. The second kappa shape index (κ2) is 35.0. The third kappa shape index (κ3) is 24.1. The van der Waals surface area contributed by atoms with Crippen LogP contribution in [0.2, 0.25) is 0 Å². The zero-order valence-corrected chi connectivity index (χ0v) is 17.4. The van der Waals surface area contributed by atoms with Gasteiger partial charge in [-0.15, -0.1) is 0 Å². The van der Waals surface area contributed by atoms with Gasteiger partial charge < -0.3 is 0 Å². The van der Waals surface area contributed by atoms with E-state index in [1.807, 2.05) is 0 Å². The van der Waals surface area contributed by atoms with Gasteiger partial charge in [-0.05, 0) is 0 Å². The summed E-state index contributed by atoms with van der Waals surface area (Å²) in [4.78, 5) is 0. The summed E-state index contributed by atoms with van der Waals surface area (Å²) in [6, 6.07) is 0. The Bertz CT molecular complexity index is 15.5. The van der Waals surface area contributed by atoms with Gasteiger partial charge in [0.05, 0.1) is 0 Å². The normalized spacial score (nSPS) is 0. The van der Waals surface area contributed by atoms with Gasteiger partial charge >= 0.3 is 0 Å². The summed E-state index contributed by atoms with van der Waals surface area (Å²) < 4.78 is 0. The fraction of sp³-hybridized carbons (Fsp3) is 0. The van der Waals surface area contributed by atoms with Crippen LogP contribution in [0.25, 0.3) is 0 Å². The van der Waals surface area contributed by atoms with Crippen molar-refractivity contribution >= 4 is 93.0 Å². The summed E-state index contributed by atoms with van der Waals surface area (Å²) in [5, 5.41) is 0. The van der Waals surface area contributed by atoms with Gasteiger partial charge in [-0.3, -0.25) is 0 Å². The minimum Gasteiger partial charge on any atom is 0 e. The molecular formula is AlCuPbSbSnZn. The van der Waals surface area contributed by atoms with Gasteiger partial charge in [0.25, 0.3) is 0 Å². The molecule has 0 amide bonds. The Hall–Kier alpha value is 4.21. The van der Waals surface area contributed by atoms with Crippen LogP contribution in [0.1, 0.15) is 0 Å². The van der Waals surface area contributed by atoms with E-state index in [0.29, 0.717) is 0 Å². The average molecular weight is 604 g/mol. The molecule has 29 valence electrons. The molecule has 15 radical (unpaired) electrons. The van der Waals surface area contributed by atoms with Crippen molar-refractivity contribution in [2.45, 2.75) is 0 Å². The van der Waals surface area contributed by atoms with Crippen LogP contribution < -0.4 is 0 Å². The third-order valence-corrected chi connectivity index (χ3v) is 0. The van der Waals surface area contributed by atoms with E-state index < -0.39 is 0 Å². The van der Waals surface area contributed by atoms with Gasteiger partial charge in [-0.1, -0.05) is 0 Å². The first-order valence-electron chi connectivity index (χ1n) is 0. The quantitative estimate of drug-likeness (QED) is 0.295. The first-order valence-corrected chi connectivity index (χ1v) is 0. The minimum atomic E-state index is 0. The topological polar surface area (TPSA) is 0 Å². The van der Waals surface area contributed by atoms with Crippen LogP contribution in [0, 0.1) is 0 Å². The van der Waals surface area contributed by atoms with E-state index in [0.717, 1.165) is 0 Å². The van der Waals surface area contributed by atoms with Crippen molar-refractivity contribution in [3.8, 4) is 0 Å². The Morgan fingerprint density at radius 3 is 1.00 bits per heavy atom. The van der Waals surface area contributed by atoms with Crippen LogP contribution in [0.3, 0.4) is 0 Å². The van der Waals surface area contributed by atoms with Gasteiger partial charge in [-0.2, -0.15) is 0 Å². The maximum absolute atomic E-state index is 0. The summed E-state index contributed by atoms with van der Waals surface area (Å²) in [6.45, 7) is 0. The van der Waals surface area contributed by atoms with E-state index in [9.17, 15) is 0 Å². The van der Waals surface area contributed by atoms with E-state index in [2.05, 4.69) is 0 Å². The van der Waals surface area contributed by atoms with Gasteiger partial charge in [0.2, 0.25) is 0 Å². The first kappa shape index (κ1) is 48.8. The molecule has 0 N–H and O–H groups in total. The smallest absolute Gasteiger partial charge is 0 e. The Labute approximate surface area is 127 Å². The molecule has 0 aromatic carbocycles. The zero-order valence-electron chi connectivity index (χ0n) is 3.03. The van der Waals surface area contributed by atoms with Crippen LogP contribution in [0.4, 0.5) is 0 Å². The molecular weight excluding hydrogens is 604 g/mol. The molecule has 0 aliphatic heterocycles. The van der Waals surface area contributed by atoms with Crippen LogP contribution in [-0.4, -0.2) is 93.0 Å². The minimum absolute atomic E-state index is 0. The molecule has 0 rings (SSSR count). The van der Waals surface area contributed by atoms with Gasteiger partial charge in [0, 0.05) is 130 Å². The van der Waals surface area contributed by atoms with Gasteiger partial charge in [0.1, 0.15) is 0 Å².